The van der Waals surface area contributed by atoms with Crippen LogP contribution >= 0.6 is 0 Å². The number of carbonyl (C=O) groups excluding carboxylic acids is 1. The Kier molecular flexibility index (Phi) is 4.47. The second-order valence-corrected chi connectivity index (χ2v) is 5.94. The van der Waals surface area contributed by atoms with Gasteiger partial charge in [0, 0.05) is 18.2 Å². The molecule has 1 aliphatic carbocycles. The number of rotatable bonds is 6. The van der Waals surface area contributed by atoms with Crippen molar-refractivity contribution in [2.75, 3.05) is 17.2 Å². The SMILES string of the molecule is CC(C)(O)CNc1ccc(NC(=O)C2CC2)cc1N=CN. The van der Waals surface area contributed by atoms with Gasteiger partial charge in [0.25, 0.3) is 0 Å². The zero-order valence-electron chi connectivity index (χ0n) is 12.4. The van der Waals surface area contributed by atoms with Crippen LogP contribution < -0.4 is 16.4 Å². The summed E-state index contributed by atoms with van der Waals surface area (Å²) in [6, 6.07) is 5.38. The van der Waals surface area contributed by atoms with Gasteiger partial charge in [-0.25, -0.2) is 4.99 Å². The highest BCUT2D eigenvalue weighted by atomic mass is 16.3. The van der Waals surface area contributed by atoms with Crippen LogP contribution in [0.4, 0.5) is 17.1 Å². The third-order valence-corrected chi connectivity index (χ3v) is 3.14. The Labute approximate surface area is 124 Å². The number of aliphatic imine (C=N–C) groups is 1. The summed E-state index contributed by atoms with van der Waals surface area (Å²) in [5.74, 6) is 0.203. The molecule has 1 amide bonds. The minimum atomic E-state index is -0.831. The summed E-state index contributed by atoms with van der Waals surface area (Å²) in [7, 11) is 0. The van der Waals surface area contributed by atoms with Crippen molar-refractivity contribution in [2.24, 2.45) is 16.6 Å². The molecular weight excluding hydrogens is 268 g/mol. The Morgan fingerprint density at radius 2 is 2.24 bits per heavy atom. The Hall–Kier alpha value is -2.08. The van der Waals surface area contributed by atoms with E-state index in [1.807, 2.05) is 12.1 Å². The van der Waals surface area contributed by atoms with Crippen LogP contribution in [0.2, 0.25) is 0 Å². The van der Waals surface area contributed by atoms with E-state index in [0.29, 0.717) is 17.9 Å². The summed E-state index contributed by atoms with van der Waals surface area (Å²) in [6.45, 7) is 3.82. The van der Waals surface area contributed by atoms with Crippen molar-refractivity contribution in [3.63, 3.8) is 0 Å². The molecule has 1 aromatic carbocycles. The van der Waals surface area contributed by atoms with E-state index >= 15 is 0 Å². The molecule has 0 spiro atoms. The highest BCUT2D eigenvalue weighted by Crippen LogP contribution is 2.32. The van der Waals surface area contributed by atoms with E-state index in [1.54, 1.807) is 19.9 Å². The molecule has 0 aliphatic heterocycles. The van der Waals surface area contributed by atoms with E-state index in [9.17, 15) is 9.90 Å². The fourth-order valence-electron chi connectivity index (χ4n) is 1.85. The van der Waals surface area contributed by atoms with Crippen molar-refractivity contribution in [1.82, 2.24) is 0 Å². The van der Waals surface area contributed by atoms with Gasteiger partial charge in [0.15, 0.2) is 0 Å². The second kappa shape index (κ2) is 6.13. The summed E-state index contributed by atoms with van der Waals surface area (Å²) >= 11 is 0. The first-order chi connectivity index (χ1) is 9.89. The Bertz CT molecular complexity index is 545. The topological polar surface area (TPSA) is 99.7 Å². The maximum absolute atomic E-state index is 11.8. The van der Waals surface area contributed by atoms with E-state index in [0.717, 1.165) is 18.5 Å². The van der Waals surface area contributed by atoms with Gasteiger partial charge >= 0.3 is 0 Å². The Morgan fingerprint density at radius 3 is 2.81 bits per heavy atom. The van der Waals surface area contributed by atoms with Crippen molar-refractivity contribution in [3.05, 3.63) is 18.2 Å². The number of nitrogens with zero attached hydrogens (tertiary/aromatic N) is 1. The van der Waals surface area contributed by atoms with Crippen LogP contribution in [0.1, 0.15) is 26.7 Å². The predicted octanol–water partition coefficient (Wildman–Crippen LogP) is 1.84. The fraction of sp³-hybridized carbons (Fsp3) is 0.467. The number of nitrogens with two attached hydrogens (primary N) is 1. The van der Waals surface area contributed by atoms with Crippen molar-refractivity contribution in [1.29, 1.82) is 0 Å². The molecular formula is C15H22N4O2. The zero-order valence-corrected chi connectivity index (χ0v) is 12.4. The lowest BCUT2D eigenvalue weighted by Gasteiger charge is -2.19. The third-order valence-electron chi connectivity index (χ3n) is 3.14. The van der Waals surface area contributed by atoms with E-state index in [1.165, 1.54) is 6.34 Å². The molecule has 5 N–H and O–H groups in total. The van der Waals surface area contributed by atoms with Gasteiger partial charge in [0.05, 0.1) is 23.3 Å². The Morgan fingerprint density at radius 1 is 1.52 bits per heavy atom. The highest BCUT2D eigenvalue weighted by Gasteiger charge is 2.29. The molecule has 1 saturated carbocycles. The lowest BCUT2D eigenvalue weighted by atomic mass is 10.1. The minimum absolute atomic E-state index is 0.0508. The molecule has 21 heavy (non-hydrogen) atoms. The number of benzene rings is 1. The highest BCUT2D eigenvalue weighted by molar-refractivity contribution is 5.95. The van der Waals surface area contributed by atoms with E-state index in [2.05, 4.69) is 15.6 Å². The van der Waals surface area contributed by atoms with Gasteiger partial charge in [-0.05, 0) is 44.9 Å². The fourth-order valence-corrected chi connectivity index (χ4v) is 1.85. The van der Waals surface area contributed by atoms with Crippen LogP contribution in [0.25, 0.3) is 0 Å². The molecule has 0 atom stereocenters. The smallest absolute Gasteiger partial charge is 0.227 e. The molecule has 0 saturated heterocycles. The van der Waals surface area contributed by atoms with Gasteiger partial charge in [0.1, 0.15) is 0 Å². The number of nitrogens with one attached hydrogen (secondary N) is 2. The van der Waals surface area contributed by atoms with Gasteiger partial charge in [-0.3, -0.25) is 4.79 Å². The van der Waals surface area contributed by atoms with Crippen molar-refractivity contribution in [2.45, 2.75) is 32.3 Å². The lowest BCUT2D eigenvalue weighted by molar-refractivity contribution is -0.117. The number of anilines is 2. The molecule has 1 aromatic rings. The largest absolute Gasteiger partial charge is 0.390 e. The summed E-state index contributed by atoms with van der Waals surface area (Å²) in [5.41, 5.74) is 6.60. The van der Waals surface area contributed by atoms with E-state index in [4.69, 9.17) is 5.73 Å². The van der Waals surface area contributed by atoms with Crippen LogP contribution in [0, 0.1) is 5.92 Å². The predicted molar refractivity (Wildman–Crippen MR) is 84.9 cm³/mol. The minimum Gasteiger partial charge on any atom is -0.390 e. The summed E-state index contributed by atoms with van der Waals surface area (Å²) in [5, 5.41) is 15.8. The second-order valence-electron chi connectivity index (χ2n) is 5.94. The van der Waals surface area contributed by atoms with Gasteiger partial charge in [-0.15, -0.1) is 0 Å². The molecule has 0 unspecified atom stereocenters. The molecule has 6 heteroatoms. The number of carbonyl (C=O) groups is 1. The molecule has 2 rings (SSSR count). The van der Waals surface area contributed by atoms with Crippen molar-refractivity contribution in [3.8, 4) is 0 Å². The average Bonchev–Trinajstić information content (AvgIpc) is 3.21. The molecule has 0 radical (unpaired) electrons. The molecule has 114 valence electrons. The Balaban J connectivity index is 2.11. The van der Waals surface area contributed by atoms with Crippen LogP contribution in [-0.2, 0) is 4.79 Å². The zero-order chi connectivity index (χ0) is 15.5. The van der Waals surface area contributed by atoms with Crippen molar-refractivity contribution >= 4 is 29.3 Å². The summed E-state index contributed by atoms with van der Waals surface area (Å²) in [4.78, 5) is 15.9. The first-order valence-electron chi connectivity index (χ1n) is 7.04. The first-order valence-corrected chi connectivity index (χ1v) is 7.04. The number of hydrogen-bond acceptors (Lipinski definition) is 4. The van der Waals surface area contributed by atoms with Crippen LogP contribution in [-0.4, -0.2) is 29.5 Å². The van der Waals surface area contributed by atoms with E-state index in [-0.39, 0.29) is 11.8 Å². The number of aliphatic hydroxyl groups is 1. The van der Waals surface area contributed by atoms with E-state index < -0.39 is 5.60 Å². The van der Waals surface area contributed by atoms with Gasteiger partial charge in [-0.2, -0.15) is 0 Å². The maximum Gasteiger partial charge on any atom is 0.227 e. The molecule has 0 aromatic heterocycles. The van der Waals surface area contributed by atoms with Crippen LogP contribution in [0.3, 0.4) is 0 Å². The van der Waals surface area contributed by atoms with Crippen molar-refractivity contribution < 1.29 is 9.90 Å². The third kappa shape index (κ3) is 4.75. The average molecular weight is 290 g/mol. The standard InChI is InChI=1S/C15H22N4O2/c1-15(2,21)8-17-12-6-5-11(7-13(12)18-9-16)19-14(20)10-3-4-10/h5-7,9-10,17,21H,3-4,8H2,1-2H3,(H2,16,18)(H,19,20). The monoisotopic (exact) mass is 290 g/mol. The first kappa shape index (κ1) is 15.3. The van der Waals surface area contributed by atoms with Gasteiger partial charge in [0.2, 0.25) is 5.91 Å². The normalized spacial score (nSPS) is 15.2. The number of hydrogen-bond donors (Lipinski definition) is 4. The molecule has 0 heterocycles. The van der Waals surface area contributed by atoms with Gasteiger partial charge < -0.3 is 21.5 Å². The molecule has 1 fully saturated rings. The lowest BCUT2D eigenvalue weighted by Crippen LogP contribution is -2.29. The van der Waals surface area contributed by atoms with Crippen LogP contribution in [0.5, 0.6) is 0 Å². The maximum atomic E-state index is 11.8. The molecule has 6 nitrogen and oxygen atoms in total. The molecule has 1 aliphatic rings. The summed E-state index contributed by atoms with van der Waals surface area (Å²) in [6.07, 6.45) is 3.13. The molecule has 0 bridgehead atoms. The quantitative estimate of drug-likeness (QED) is 0.474. The van der Waals surface area contributed by atoms with Crippen LogP contribution in [0.15, 0.2) is 23.2 Å². The number of amides is 1. The van der Waals surface area contributed by atoms with Gasteiger partial charge in [-0.1, -0.05) is 0 Å². The summed E-state index contributed by atoms with van der Waals surface area (Å²) < 4.78 is 0.